The molecule has 0 aliphatic carbocycles. The fraction of sp³-hybridized carbons (Fsp3) is 0. The molecule has 0 fully saturated rings. The molecule has 4 aromatic rings. The number of fused-ring (bicyclic) bond motifs is 1. The van der Waals surface area contributed by atoms with Crippen LogP contribution in [-0.4, -0.2) is 0 Å². The van der Waals surface area contributed by atoms with E-state index in [1.165, 1.54) is 21.9 Å². The van der Waals surface area contributed by atoms with Crippen LogP contribution in [0.1, 0.15) is 22.3 Å². The molecule has 4 N–H and O–H groups in total. The van der Waals surface area contributed by atoms with E-state index in [1.54, 1.807) is 0 Å². The summed E-state index contributed by atoms with van der Waals surface area (Å²) >= 11 is 0. The van der Waals surface area contributed by atoms with E-state index in [1.807, 2.05) is 48.5 Å². The molecule has 4 rings (SSSR count). The lowest BCUT2D eigenvalue weighted by atomic mass is 10.0. The van der Waals surface area contributed by atoms with Gasteiger partial charge in [0.1, 0.15) is 0 Å². The summed E-state index contributed by atoms with van der Waals surface area (Å²) in [6.07, 6.45) is 8.45. The maximum Gasteiger partial charge on any atom is 0.0314 e. The van der Waals surface area contributed by atoms with Crippen LogP contribution in [-0.2, 0) is 0 Å². The Bertz CT molecular complexity index is 1060. The van der Waals surface area contributed by atoms with Gasteiger partial charge in [-0.1, -0.05) is 72.8 Å². The predicted molar refractivity (Wildman–Crippen MR) is 124 cm³/mol. The standard InChI is InChI=1S/C26H22N2/c27-25-13-7-19(8-14-25)1-3-21-5-11-24-18-22(6-12-23(24)17-21)4-2-20-9-15-26(28)16-10-20/h1-18H,27-28H2/b3-1+,4-2+. The molecule has 0 radical (unpaired) electrons. The first-order valence-electron chi connectivity index (χ1n) is 9.27. The smallest absolute Gasteiger partial charge is 0.0314 e. The third-order valence-electron chi connectivity index (χ3n) is 4.70. The van der Waals surface area contributed by atoms with Crippen molar-refractivity contribution >= 4 is 46.5 Å². The highest BCUT2D eigenvalue weighted by Crippen LogP contribution is 2.21. The summed E-state index contributed by atoms with van der Waals surface area (Å²) in [5.41, 5.74) is 17.7. The highest BCUT2D eigenvalue weighted by atomic mass is 14.5. The second-order valence-electron chi connectivity index (χ2n) is 6.87. The highest BCUT2D eigenvalue weighted by molar-refractivity contribution is 5.88. The van der Waals surface area contributed by atoms with Crippen LogP contribution in [0.25, 0.3) is 35.1 Å². The second kappa shape index (κ2) is 7.85. The molecule has 0 amide bonds. The van der Waals surface area contributed by atoms with E-state index in [0.29, 0.717) is 0 Å². The van der Waals surface area contributed by atoms with E-state index in [-0.39, 0.29) is 0 Å². The second-order valence-corrected chi connectivity index (χ2v) is 6.87. The van der Waals surface area contributed by atoms with Gasteiger partial charge in [-0.3, -0.25) is 0 Å². The number of hydrogen-bond acceptors (Lipinski definition) is 2. The summed E-state index contributed by atoms with van der Waals surface area (Å²) in [5.74, 6) is 0. The molecular weight excluding hydrogens is 340 g/mol. The summed E-state index contributed by atoms with van der Waals surface area (Å²) in [4.78, 5) is 0. The molecule has 0 heterocycles. The molecule has 0 atom stereocenters. The predicted octanol–water partition coefficient (Wildman–Crippen LogP) is 6.35. The number of rotatable bonds is 4. The molecule has 0 aliphatic rings. The van der Waals surface area contributed by atoms with E-state index >= 15 is 0 Å². The first-order valence-corrected chi connectivity index (χ1v) is 9.27. The average Bonchev–Trinajstić information content (AvgIpc) is 2.73. The number of hydrogen-bond donors (Lipinski definition) is 2. The van der Waals surface area contributed by atoms with Crippen molar-refractivity contribution in [2.45, 2.75) is 0 Å². The SMILES string of the molecule is Nc1ccc(/C=C/c2ccc3cc(/C=C/c4ccc(N)cc4)ccc3c2)cc1. The van der Waals surface area contributed by atoms with E-state index in [0.717, 1.165) is 22.5 Å². The normalized spacial score (nSPS) is 11.6. The summed E-state index contributed by atoms with van der Waals surface area (Å²) in [6, 6.07) is 28.8. The molecule has 2 heteroatoms. The van der Waals surface area contributed by atoms with Gasteiger partial charge < -0.3 is 11.5 Å². The Morgan fingerprint density at radius 2 is 0.714 bits per heavy atom. The average molecular weight is 362 g/mol. The number of nitrogen functional groups attached to an aromatic ring is 2. The maximum atomic E-state index is 5.73. The first-order chi connectivity index (χ1) is 13.7. The minimum Gasteiger partial charge on any atom is -0.399 e. The van der Waals surface area contributed by atoms with Crippen molar-refractivity contribution in [3.8, 4) is 0 Å². The molecule has 2 nitrogen and oxygen atoms in total. The van der Waals surface area contributed by atoms with Crippen molar-refractivity contribution < 1.29 is 0 Å². The molecule has 4 aromatic carbocycles. The molecule has 0 saturated carbocycles. The molecule has 0 aliphatic heterocycles. The largest absolute Gasteiger partial charge is 0.399 e. The van der Waals surface area contributed by atoms with Gasteiger partial charge in [0.05, 0.1) is 0 Å². The van der Waals surface area contributed by atoms with Crippen LogP contribution in [0.5, 0.6) is 0 Å². The van der Waals surface area contributed by atoms with Crippen LogP contribution in [0, 0.1) is 0 Å². The Morgan fingerprint density at radius 3 is 1.11 bits per heavy atom. The van der Waals surface area contributed by atoms with Gasteiger partial charge in [-0.25, -0.2) is 0 Å². The van der Waals surface area contributed by atoms with E-state index in [2.05, 4.69) is 60.7 Å². The fourth-order valence-corrected chi connectivity index (χ4v) is 3.09. The lowest BCUT2D eigenvalue weighted by molar-refractivity contribution is 1.64. The Kier molecular flexibility index (Phi) is 4.94. The zero-order chi connectivity index (χ0) is 19.3. The molecule has 136 valence electrons. The molecule has 28 heavy (non-hydrogen) atoms. The molecule has 0 saturated heterocycles. The van der Waals surface area contributed by atoms with Crippen molar-refractivity contribution in [2.75, 3.05) is 11.5 Å². The van der Waals surface area contributed by atoms with Gasteiger partial charge >= 0.3 is 0 Å². The highest BCUT2D eigenvalue weighted by Gasteiger charge is 1.97. The minimum absolute atomic E-state index is 0.782. The van der Waals surface area contributed by atoms with E-state index < -0.39 is 0 Å². The molecule has 0 spiro atoms. The van der Waals surface area contributed by atoms with Crippen molar-refractivity contribution in [3.63, 3.8) is 0 Å². The monoisotopic (exact) mass is 362 g/mol. The lowest BCUT2D eigenvalue weighted by Gasteiger charge is -2.02. The molecule has 0 unspecified atom stereocenters. The third-order valence-corrected chi connectivity index (χ3v) is 4.70. The van der Waals surface area contributed by atoms with Crippen molar-refractivity contribution in [3.05, 3.63) is 107 Å². The van der Waals surface area contributed by atoms with Crippen LogP contribution in [0.2, 0.25) is 0 Å². The van der Waals surface area contributed by atoms with Gasteiger partial charge in [0.25, 0.3) is 0 Å². The summed E-state index contributed by atoms with van der Waals surface area (Å²) < 4.78 is 0. The van der Waals surface area contributed by atoms with Crippen LogP contribution in [0.15, 0.2) is 84.9 Å². The summed E-state index contributed by atoms with van der Waals surface area (Å²) in [5, 5.41) is 2.45. The Labute approximate surface area is 165 Å². The topological polar surface area (TPSA) is 52.0 Å². The van der Waals surface area contributed by atoms with Crippen molar-refractivity contribution in [1.29, 1.82) is 0 Å². The summed E-state index contributed by atoms with van der Waals surface area (Å²) in [7, 11) is 0. The van der Waals surface area contributed by atoms with Crippen LogP contribution in [0.4, 0.5) is 11.4 Å². The van der Waals surface area contributed by atoms with Gasteiger partial charge in [0.2, 0.25) is 0 Å². The fourth-order valence-electron chi connectivity index (χ4n) is 3.09. The van der Waals surface area contributed by atoms with Crippen molar-refractivity contribution in [2.24, 2.45) is 0 Å². The Hall–Kier alpha value is -3.78. The van der Waals surface area contributed by atoms with E-state index in [9.17, 15) is 0 Å². The summed E-state index contributed by atoms with van der Waals surface area (Å²) in [6.45, 7) is 0. The van der Waals surface area contributed by atoms with Gasteiger partial charge in [-0.2, -0.15) is 0 Å². The van der Waals surface area contributed by atoms with Crippen LogP contribution >= 0.6 is 0 Å². The number of benzene rings is 4. The zero-order valence-corrected chi connectivity index (χ0v) is 15.5. The first kappa shape index (κ1) is 17.6. The molecule has 0 aromatic heterocycles. The van der Waals surface area contributed by atoms with Gasteiger partial charge in [-0.15, -0.1) is 0 Å². The Balaban J connectivity index is 1.53. The zero-order valence-electron chi connectivity index (χ0n) is 15.5. The van der Waals surface area contributed by atoms with Crippen LogP contribution < -0.4 is 11.5 Å². The van der Waals surface area contributed by atoms with E-state index in [4.69, 9.17) is 11.5 Å². The Morgan fingerprint density at radius 1 is 0.393 bits per heavy atom. The van der Waals surface area contributed by atoms with Gasteiger partial charge in [0.15, 0.2) is 0 Å². The minimum atomic E-state index is 0.782. The van der Waals surface area contributed by atoms with Gasteiger partial charge in [0, 0.05) is 11.4 Å². The molecule has 0 bridgehead atoms. The third kappa shape index (κ3) is 4.30. The lowest BCUT2D eigenvalue weighted by Crippen LogP contribution is -1.83. The van der Waals surface area contributed by atoms with Crippen molar-refractivity contribution in [1.82, 2.24) is 0 Å². The molecular formula is C26H22N2. The maximum absolute atomic E-state index is 5.73. The number of nitrogens with two attached hydrogens (primary N) is 2. The quantitative estimate of drug-likeness (QED) is 0.328. The number of anilines is 2. The van der Waals surface area contributed by atoms with Gasteiger partial charge in [-0.05, 0) is 69.4 Å². The van der Waals surface area contributed by atoms with Crippen LogP contribution in [0.3, 0.4) is 0 Å².